The number of esters is 1. The third kappa shape index (κ3) is 4.24. The van der Waals surface area contributed by atoms with E-state index in [1.165, 1.54) is 18.3 Å². The summed E-state index contributed by atoms with van der Waals surface area (Å²) in [5.41, 5.74) is 0. The van der Waals surface area contributed by atoms with Crippen LogP contribution in [-0.4, -0.2) is 30.1 Å². The Morgan fingerprint density at radius 1 is 1.17 bits per heavy atom. The summed E-state index contributed by atoms with van der Waals surface area (Å²) in [6, 6.07) is 6.55. The lowest BCUT2D eigenvalue weighted by atomic mass is 10.2. The fraction of sp³-hybridized carbons (Fsp3) is 0.312. The van der Waals surface area contributed by atoms with Gasteiger partial charge >= 0.3 is 12.0 Å². The monoisotopic (exact) mass is 368 g/mol. The third-order valence-corrected chi connectivity index (χ3v) is 4.69. The van der Waals surface area contributed by atoms with Gasteiger partial charge in [0.1, 0.15) is 4.88 Å². The molecule has 8 heteroatoms. The number of hydrogen-bond donors (Lipinski definition) is 2. The van der Waals surface area contributed by atoms with Gasteiger partial charge < -0.3 is 10.1 Å². The van der Waals surface area contributed by atoms with Gasteiger partial charge in [0.15, 0.2) is 6.10 Å². The summed E-state index contributed by atoms with van der Waals surface area (Å²) < 4.78 is 5.96. The number of thiophene rings is 1. The maximum atomic E-state index is 12.2. The van der Waals surface area contributed by atoms with Gasteiger partial charge in [-0.2, -0.15) is 0 Å². The average Bonchev–Trinajstić information content (AvgIpc) is 2.84. The molecular weight excluding hydrogens is 352 g/mol. The topological polar surface area (TPSA) is 84.5 Å². The van der Waals surface area contributed by atoms with E-state index in [0.29, 0.717) is 5.02 Å². The predicted octanol–water partition coefficient (Wildman–Crippen LogP) is 3.33. The van der Waals surface area contributed by atoms with Crippen molar-refractivity contribution < 1.29 is 19.1 Å². The predicted molar refractivity (Wildman–Crippen MR) is 93.5 cm³/mol. The van der Waals surface area contributed by atoms with Gasteiger partial charge in [-0.1, -0.05) is 29.8 Å². The summed E-state index contributed by atoms with van der Waals surface area (Å²) >= 11 is 7.39. The van der Waals surface area contributed by atoms with Crippen molar-refractivity contribution in [3.8, 4) is 0 Å². The van der Waals surface area contributed by atoms with Crippen LogP contribution < -0.4 is 10.6 Å². The molecule has 1 heterocycles. The fourth-order valence-corrected chi connectivity index (χ4v) is 3.32. The molecule has 128 valence electrons. The van der Waals surface area contributed by atoms with E-state index in [-0.39, 0.29) is 10.9 Å². The van der Waals surface area contributed by atoms with Crippen LogP contribution in [0.2, 0.25) is 5.02 Å². The molecule has 3 amide bonds. The number of amides is 3. The second kappa shape index (κ2) is 7.63. The van der Waals surface area contributed by atoms with Crippen molar-refractivity contribution in [3.63, 3.8) is 0 Å². The number of rotatable bonds is 4. The van der Waals surface area contributed by atoms with Crippen molar-refractivity contribution in [1.82, 2.24) is 10.6 Å². The molecule has 0 radical (unpaired) electrons. The highest BCUT2D eigenvalue weighted by Gasteiger charge is 2.24. The van der Waals surface area contributed by atoms with Gasteiger partial charge in [-0.25, -0.2) is 9.59 Å². The zero-order chi connectivity index (χ0) is 17.9. The Balaban J connectivity index is 2.04. The van der Waals surface area contributed by atoms with E-state index >= 15 is 0 Å². The van der Waals surface area contributed by atoms with E-state index in [1.807, 2.05) is 18.2 Å². The number of fused-ring (bicyclic) bond motifs is 1. The van der Waals surface area contributed by atoms with Crippen LogP contribution in [-0.2, 0) is 9.53 Å². The van der Waals surface area contributed by atoms with Crippen LogP contribution >= 0.6 is 22.9 Å². The molecule has 6 nitrogen and oxygen atoms in total. The molecule has 1 unspecified atom stereocenters. The van der Waals surface area contributed by atoms with Crippen molar-refractivity contribution in [1.29, 1.82) is 0 Å². The first kappa shape index (κ1) is 18.2. The van der Waals surface area contributed by atoms with Crippen molar-refractivity contribution >= 4 is 50.9 Å². The molecule has 1 aromatic carbocycles. The highest BCUT2D eigenvalue weighted by molar-refractivity contribution is 7.21. The first-order valence-electron chi connectivity index (χ1n) is 7.29. The molecule has 0 saturated carbocycles. The van der Waals surface area contributed by atoms with E-state index < -0.39 is 24.0 Å². The SMILES string of the molecule is CC(C)NC(=O)NC(=O)C(C)OC(=O)c1sc2ccccc2c1Cl. The summed E-state index contributed by atoms with van der Waals surface area (Å²) in [4.78, 5) is 35.8. The zero-order valence-corrected chi connectivity index (χ0v) is 15.0. The lowest BCUT2D eigenvalue weighted by Crippen LogP contribution is -2.46. The van der Waals surface area contributed by atoms with E-state index in [9.17, 15) is 14.4 Å². The molecule has 0 aliphatic heterocycles. The molecule has 0 aliphatic rings. The number of carbonyl (C=O) groups is 3. The lowest BCUT2D eigenvalue weighted by Gasteiger charge is -2.14. The lowest BCUT2D eigenvalue weighted by molar-refractivity contribution is -0.127. The molecule has 0 fully saturated rings. The Hall–Kier alpha value is -2.12. The number of nitrogens with one attached hydrogen (secondary N) is 2. The Morgan fingerprint density at radius 3 is 2.46 bits per heavy atom. The maximum Gasteiger partial charge on any atom is 0.350 e. The second-order valence-corrected chi connectivity index (χ2v) is 6.84. The average molecular weight is 369 g/mol. The Labute approximate surface area is 148 Å². The van der Waals surface area contributed by atoms with Gasteiger partial charge in [-0.3, -0.25) is 10.1 Å². The number of halogens is 1. The fourth-order valence-electron chi connectivity index (χ4n) is 1.92. The van der Waals surface area contributed by atoms with Crippen LogP contribution in [0, 0.1) is 0 Å². The minimum atomic E-state index is -1.13. The number of carbonyl (C=O) groups excluding carboxylic acids is 3. The largest absolute Gasteiger partial charge is 0.448 e. The number of urea groups is 1. The molecule has 24 heavy (non-hydrogen) atoms. The molecule has 1 atom stereocenters. The van der Waals surface area contributed by atoms with Crippen molar-refractivity contribution in [2.45, 2.75) is 32.9 Å². The quantitative estimate of drug-likeness (QED) is 0.810. The first-order valence-corrected chi connectivity index (χ1v) is 8.48. The Bertz CT molecular complexity index is 787. The minimum absolute atomic E-state index is 0.118. The molecule has 1 aromatic heterocycles. The molecule has 0 saturated heterocycles. The van der Waals surface area contributed by atoms with E-state index in [4.69, 9.17) is 16.3 Å². The highest BCUT2D eigenvalue weighted by atomic mass is 35.5. The van der Waals surface area contributed by atoms with E-state index in [2.05, 4.69) is 10.6 Å². The van der Waals surface area contributed by atoms with E-state index in [1.54, 1.807) is 19.9 Å². The molecule has 2 N–H and O–H groups in total. The first-order chi connectivity index (χ1) is 11.3. The van der Waals surface area contributed by atoms with Crippen LogP contribution in [0.5, 0.6) is 0 Å². The summed E-state index contributed by atoms with van der Waals surface area (Å²) in [6.07, 6.45) is -1.13. The van der Waals surface area contributed by atoms with E-state index in [0.717, 1.165) is 10.1 Å². The number of ether oxygens (including phenoxy) is 1. The molecular formula is C16H17ClN2O4S. The van der Waals surface area contributed by atoms with Crippen molar-refractivity contribution in [3.05, 3.63) is 34.2 Å². The minimum Gasteiger partial charge on any atom is -0.448 e. The van der Waals surface area contributed by atoms with Crippen LogP contribution in [0.4, 0.5) is 4.79 Å². The molecule has 2 rings (SSSR count). The van der Waals surface area contributed by atoms with Crippen LogP contribution in [0.3, 0.4) is 0 Å². The smallest absolute Gasteiger partial charge is 0.350 e. The molecule has 0 spiro atoms. The molecule has 0 aliphatic carbocycles. The molecule has 2 aromatic rings. The standard InChI is InChI=1S/C16H17ClN2O4S/c1-8(2)18-16(22)19-14(20)9(3)23-15(21)13-12(17)10-6-4-5-7-11(10)24-13/h4-9H,1-3H3,(H2,18,19,20,22). The Morgan fingerprint density at radius 2 is 1.83 bits per heavy atom. The van der Waals surface area contributed by atoms with Gasteiger partial charge in [0.05, 0.1) is 5.02 Å². The summed E-state index contributed by atoms with van der Waals surface area (Å²) in [6.45, 7) is 4.91. The van der Waals surface area contributed by atoms with Crippen LogP contribution in [0.1, 0.15) is 30.4 Å². The van der Waals surface area contributed by atoms with Crippen LogP contribution in [0.15, 0.2) is 24.3 Å². The second-order valence-electron chi connectivity index (χ2n) is 5.41. The van der Waals surface area contributed by atoms with Gasteiger partial charge in [-0.15, -0.1) is 11.3 Å². The zero-order valence-electron chi connectivity index (χ0n) is 13.4. The third-order valence-electron chi connectivity index (χ3n) is 3.03. The van der Waals surface area contributed by atoms with Crippen molar-refractivity contribution in [2.75, 3.05) is 0 Å². The van der Waals surface area contributed by atoms with Crippen LogP contribution in [0.25, 0.3) is 10.1 Å². The summed E-state index contributed by atoms with van der Waals surface area (Å²) in [7, 11) is 0. The molecule has 0 bridgehead atoms. The number of benzene rings is 1. The number of hydrogen-bond acceptors (Lipinski definition) is 5. The van der Waals surface area contributed by atoms with Gasteiger partial charge in [-0.05, 0) is 26.8 Å². The van der Waals surface area contributed by atoms with Gasteiger partial charge in [0, 0.05) is 16.1 Å². The summed E-state index contributed by atoms with van der Waals surface area (Å²) in [5, 5.41) is 5.67. The van der Waals surface area contributed by atoms with Gasteiger partial charge in [0.2, 0.25) is 0 Å². The maximum absolute atomic E-state index is 12.2. The highest BCUT2D eigenvalue weighted by Crippen LogP contribution is 2.35. The summed E-state index contributed by atoms with van der Waals surface area (Å²) in [5.74, 6) is -1.41. The number of imide groups is 1. The Kier molecular flexibility index (Phi) is 5.80. The van der Waals surface area contributed by atoms with Gasteiger partial charge in [0.25, 0.3) is 5.91 Å². The van der Waals surface area contributed by atoms with Crippen molar-refractivity contribution in [2.24, 2.45) is 0 Å². The normalized spacial score (nSPS) is 12.0.